The summed E-state index contributed by atoms with van der Waals surface area (Å²) in [5.74, 6) is 0. The highest BCUT2D eigenvalue weighted by Crippen LogP contribution is 2.24. The second kappa shape index (κ2) is 9.97. The average molecular weight is 328 g/mol. The molecular weight excluding hydrogens is 290 g/mol. The molecule has 1 N–H and O–H groups in total. The van der Waals surface area contributed by atoms with Crippen LogP contribution in [0, 0.1) is 0 Å². The van der Waals surface area contributed by atoms with Crippen molar-refractivity contribution < 1.29 is 14.2 Å². The van der Waals surface area contributed by atoms with Crippen LogP contribution in [-0.4, -0.2) is 43.8 Å². The van der Waals surface area contributed by atoms with Gasteiger partial charge in [-0.05, 0) is 71.6 Å². The molecule has 1 saturated heterocycles. The summed E-state index contributed by atoms with van der Waals surface area (Å²) in [6.07, 6.45) is 10.9. The molecule has 0 radical (unpaired) electrons. The molecule has 0 aromatic rings. The minimum Gasteiger partial charge on any atom is -0.378 e. The van der Waals surface area contributed by atoms with Crippen LogP contribution in [0.15, 0.2) is 0 Å². The highest BCUT2D eigenvalue weighted by Gasteiger charge is 2.25. The molecule has 1 aliphatic carbocycles. The summed E-state index contributed by atoms with van der Waals surface area (Å²) < 4.78 is 17.3. The topological polar surface area (TPSA) is 39.7 Å². The van der Waals surface area contributed by atoms with E-state index >= 15 is 0 Å². The molecule has 1 atom stereocenters. The lowest BCUT2D eigenvalue weighted by molar-refractivity contribution is -0.164. The summed E-state index contributed by atoms with van der Waals surface area (Å²) in [7, 11) is 0. The lowest BCUT2D eigenvalue weighted by Crippen LogP contribution is -2.47. The minimum atomic E-state index is 0.0344. The number of rotatable bonds is 9. The van der Waals surface area contributed by atoms with Gasteiger partial charge >= 0.3 is 0 Å². The molecule has 4 nitrogen and oxygen atoms in total. The van der Waals surface area contributed by atoms with Crippen molar-refractivity contribution in [2.45, 2.75) is 103 Å². The maximum absolute atomic E-state index is 6.03. The van der Waals surface area contributed by atoms with Gasteiger partial charge in [-0.15, -0.1) is 0 Å². The molecule has 0 amide bonds. The summed E-state index contributed by atoms with van der Waals surface area (Å²) in [6.45, 7) is 9.27. The van der Waals surface area contributed by atoms with Gasteiger partial charge in [-0.2, -0.15) is 0 Å². The van der Waals surface area contributed by atoms with Gasteiger partial charge in [0.15, 0.2) is 6.29 Å². The van der Waals surface area contributed by atoms with Gasteiger partial charge in [-0.3, -0.25) is 0 Å². The van der Waals surface area contributed by atoms with Gasteiger partial charge in [0, 0.05) is 24.8 Å². The van der Waals surface area contributed by atoms with E-state index in [1.807, 2.05) is 0 Å². The summed E-state index contributed by atoms with van der Waals surface area (Å²) in [6, 6.07) is 0.664. The molecule has 2 fully saturated rings. The lowest BCUT2D eigenvalue weighted by Gasteiger charge is -2.35. The Balaban J connectivity index is 1.48. The monoisotopic (exact) mass is 327 g/mol. The van der Waals surface area contributed by atoms with Crippen molar-refractivity contribution in [3.05, 3.63) is 0 Å². The van der Waals surface area contributed by atoms with Crippen LogP contribution in [-0.2, 0) is 14.2 Å². The fourth-order valence-corrected chi connectivity index (χ4v) is 3.39. The van der Waals surface area contributed by atoms with Crippen molar-refractivity contribution in [2.75, 3.05) is 19.8 Å². The fourth-order valence-electron chi connectivity index (χ4n) is 3.39. The van der Waals surface area contributed by atoms with Crippen molar-refractivity contribution in [2.24, 2.45) is 0 Å². The molecule has 2 aliphatic rings. The van der Waals surface area contributed by atoms with Crippen LogP contribution in [0.1, 0.15) is 78.6 Å². The third kappa shape index (κ3) is 7.51. The zero-order valence-corrected chi connectivity index (χ0v) is 15.4. The third-order valence-corrected chi connectivity index (χ3v) is 5.24. The molecule has 0 aromatic carbocycles. The van der Waals surface area contributed by atoms with Crippen LogP contribution >= 0.6 is 0 Å². The van der Waals surface area contributed by atoms with E-state index in [2.05, 4.69) is 26.1 Å². The predicted molar refractivity (Wildman–Crippen MR) is 93.7 cm³/mol. The maximum Gasteiger partial charge on any atom is 0.157 e. The van der Waals surface area contributed by atoms with E-state index in [0.717, 1.165) is 32.7 Å². The summed E-state index contributed by atoms with van der Waals surface area (Å²) in [4.78, 5) is 0. The van der Waals surface area contributed by atoms with Crippen molar-refractivity contribution in [3.8, 4) is 0 Å². The Bertz CT molecular complexity index is 308. The predicted octanol–water partition coefficient (Wildman–Crippen LogP) is 4.03. The van der Waals surface area contributed by atoms with Crippen LogP contribution in [0.3, 0.4) is 0 Å². The van der Waals surface area contributed by atoms with Gasteiger partial charge in [0.05, 0.1) is 12.7 Å². The standard InChI is InChI=1S/C19H37NO3/c1-4-19(2,3)20-16-9-11-17(12-10-16)21-14-7-15-23-18-8-5-6-13-22-18/h16-18,20H,4-15H2,1-3H3/t16-,17-,18?. The molecule has 0 aromatic heterocycles. The normalized spacial score (nSPS) is 29.6. The Kier molecular flexibility index (Phi) is 8.31. The van der Waals surface area contributed by atoms with E-state index in [4.69, 9.17) is 14.2 Å². The third-order valence-electron chi connectivity index (χ3n) is 5.24. The summed E-state index contributed by atoms with van der Waals surface area (Å²) >= 11 is 0. The van der Waals surface area contributed by atoms with Crippen molar-refractivity contribution >= 4 is 0 Å². The SMILES string of the molecule is CCC(C)(C)N[C@H]1CC[C@H](OCCCOC2CCCCO2)CC1. The zero-order chi connectivity index (χ0) is 16.5. The first-order valence-electron chi connectivity index (χ1n) is 9.71. The van der Waals surface area contributed by atoms with Crippen LogP contribution in [0.4, 0.5) is 0 Å². The molecule has 0 spiro atoms. The minimum absolute atomic E-state index is 0.0344. The Morgan fingerprint density at radius 2 is 1.74 bits per heavy atom. The van der Waals surface area contributed by atoms with Gasteiger partial charge in [-0.1, -0.05) is 6.92 Å². The van der Waals surface area contributed by atoms with Gasteiger partial charge in [0.2, 0.25) is 0 Å². The van der Waals surface area contributed by atoms with E-state index in [-0.39, 0.29) is 11.8 Å². The molecule has 136 valence electrons. The quantitative estimate of drug-likeness (QED) is 0.649. The van der Waals surface area contributed by atoms with Gasteiger partial charge in [-0.25, -0.2) is 0 Å². The van der Waals surface area contributed by atoms with Crippen LogP contribution in [0.25, 0.3) is 0 Å². The van der Waals surface area contributed by atoms with E-state index in [1.54, 1.807) is 0 Å². The molecule has 2 rings (SSSR count). The van der Waals surface area contributed by atoms with Crippen molar-refractivity contribution in [1.29, 1.82) is 0 Å². The average Bonchev–Trinajstić information content (AvgIpc) is 2.57. The Morgan fingerprint density at radius 1 is 1.00 bits per heavy atom. The first kappa shape index (κ1) is 19.2. The Morgan fingerprint density at radius 3 is 2.39 bits per heavy atom. The molecule has 1 heterocycles. The molecule has 4 heteroatoms. The largest absolute Gasteiger partial charge is 0.378 e. The number of hydrogen-bond acceptors (Lipinski definition) is 4. The fraction of sp³-hybridized carbons (Fsp3) is 1.00. The van der Waals surface area contributed by atoms with E-state index in [0.29, 0.717) is 12.1 Å². The lowest BCUT2D eigenvalue weighted by atomic mass is 9.90. The molecular formula is C19H37NO3. The first-order chi connectivity index (χ1) is 11.1. The number of nitrogens with one attached hydrogen (secondary N) is 1. The number of hydrogen-bond donors (Lipinski definition) is 1. The van der Waals surface area contributed by atoms with Gasteiger partial charge in [0.25, 0.3) is 0 Å². The van der Waals surface area contributed by atoms with Gasteiger partial charge in [0.1, 0.15) is 0 Å². The number of ether oxygens (including phenoxy) is 3. The Labute approximate surface area is 142 Å². The van der Waals surface area contributed by atoms with Crippen LogP contribution < -0.4 is 5.32 Å². The van der Waals surface area contributed by atoms with Crippen molar-refractivity contribution in [3.63, 3.8) is 0 Å². The van der Waals surface area contributed by atoms with E-state index < -0.39 is 0 Å². The van der Waals surface area contributed by atoms with Crippen molar-refractivity contribution in [1.82, 2.24) is 5.32 Å². The second-order valence-electron chi connectivity index (χ2n) is 7.75. The van der Waals surface area contributed by atoms with Crippen LogP contribution in [0.2, 0.25) is 0 Å². The highest BCUT2D eigenvalue weighted by atomic mass is 16.7. The Hall–Kier alpha value is -0.160. The summed E-state index contributed by atoms with van der Waals surface area (Å²) in [5, 5.41) is 3.79. The molecule has 0 bridgehead atoms. The van der Waals surface area contributed by atoms with Gasteiger partial charge < -0.3 is 19.5 Å². The second-order valence-corrected chi connectivity index (χ2v) is 7.75. The van der Waals surface area contributed by atoms with E-state index in [1.165, 1.54) is 44.9 Å². The maximum atomic E-state index is 6.03. The zero-order valence-electron chi connectivity index (χ0n) is 15.4. The molecule has 1 unspecified atom stereocenters. The highest BCUT2D eigenvalue weighted by molar-refractivity contribution is 4.85. The van der Waals surface area contributed by atoms with E-state index in [9.17, 15) is 0 Å². The first-order valence-corrected chi connectivity index (χ1v) is 9.71. The summed E-state index contributed by atoms with van der Waals surface area (Å²) in [5.41, 5.74) is 0.261. The molecule has 1 aliphatic heterocycles. The molecule has 1 saturated carbocycles. The van der Waals surface area contributed by atoms with Crippen LogP contribution in [0.5, 0.6) is 0 Å². The molecule has 23 heavy (non-hydrogen) atoms. The smallest absolute Gasteiger partial charge is 0.157 e.